The molecule has 0 aliphatic heterocycles. The van der Waals surface area contributed by atoms with E-state index in [0.717, 1.165) is 10.0 Å². The molecule has 3 N–H and O–H groups in total. The van der Waals surface area contributed by atoms with E-state index in [1.54, 1.807) is 31.4 Å². The molecule has 8 nitrogen and oxygen atoms in total. The van der Waals surface area contributed by atoms with Crippen molar-refractivity contribution in [2.24, 2.45) is 0 Å². The van der Waals surface area contributed by atoms with Crippen LogP contribution in [-0.4, -0.2) is 43.9 Å². The molecule has 2 aromatic rings. The van der Waals surface area contributed by atoms with Gasteiger partial charge in [-0.15, -0.1) is 0 Å². The van der Waals surface area contributed by atoms with Crippen molar-refractivity contribution in [3.8, 4) is 11.5 Å². The molecule has 2 aromatic carbocycles. The van der Waals surface area contributed by atoms with Crippen LogP contribution in [0.2, 0.25) is 0 Å². The first-order valence-electron chi connectivity index (χ1n) is 9.00. The third kappa shape index (κ3) is 8.44. The number of benzene rings is 2. The third-order valence-corrected chi connectivity index (χ3v) is 5.04. The molecule has 0 atom stereocenters. The monoisotopic (exact) mass is 573 g/mol. The second kappa shape index (κ2) is 12.6. The van der Waals surface area contributed by atoms with Crippen LogP contribution in [0.4, 0.5) is 0 Å². The molecule has 31 heavy (non-hydrogen) atoms. The van der Waals surface area contributed by atoms with Crippen molar-refractivity contribution in [2.45, 2.75) is 6.92 Å². The second-order valence-corrected chi connectivity index (χ2v) is 8.34. The van der Waals surface area contributed by atoms with Crippen LogP contribution in [0.15, 0.2) is 45.3 Å². The molecule has 0 heterocycles. The Morgan fingerprint density at radius 1 is 1.00 bits per heavy atom. The molecule has 0 aromatic heterocycles. The summed E-state index contributed by atoms with van der Waals surface area (Å²) in [5.74, 6) is -0.0654. The molecule has 0 radical (unpaired) electrons. The number of ether oxygens (including phenoxy) is 3. The summed E-state index contributed by atoms with van der Waals surface area (Å²) in [5.41, 5.74) is 6.16. The molecule has 0 spiro atoms. The van der Waals surface area contributed by atoms with E-state index >= 15 is 0 Å². The van der Waals surface area contributed by atoms with Crippen LogP contribution >= 0.6 is 44.1 Å². The lowest BCUT2D eigenvalue weighted by atomic mass is 10.2. The number of hydrogen-bond donors (Lipinski definition) is 3. The Morgan fingerprint density at radius 2 is 1.74 bits per heavy atom. The van der Waals surface area contributed by atoms with Crippen LogP contribution in [0, 0.1) is 6.92 Å². The van der Waals surface area contributed by atoms with E-state index in [1.807, 2.05) is 19.1 Å². The summed E-state index contributed by atoms with van der Waals surface area (Å²) < 4.78 is 17.4. The lowest BCUT2D eigenvalue weighted by molar-refractivity contribution is -0.123. The molecular formula is C20H21Br2N3O5S. The smallest absolute Gasteiger partial charge is 0.276 e. The summed E-state index contributed by atoms with van der Waals surface area (Å²) in [6, 6.07) is 10.5. The van der Waals surface area contributed by atoms with Crippen molar-refractivity contribution in [1.82, 2.24) is 16.2 Å². The largest absolute Gasteiger partial charge is 0.490 e. The number of hydrogen-bond acceptors (Lipinski definition) is 6. The van der Waals surface area contributed by atoms with E-state index < -0.39 is 11.8 Å². The van der Waals surface area contributed by atoms with Crippen molar-refractivity contribution in [3.05, 3.63) is 56.5 Å². The van der Waals surface area contributed by atoms with Gasteiger partial charge in [-0.3, -0.25) is 25.8 Å². The van der Waals surface area contributed by atoms with Gasteiger partial charge in [0.25, 0.3) is 11.8 Å². The van der Waals surface area contributed by atoms with E-state index in [2.05, 4.69) is 48.0 Å². The topological polar surface area (TPSA) is 97.9 Å². The van der Waals surface area contributed by atoms with Crippen LogP contribution in [0.5, 0.6) is 11.5 Å². The highest BCUT2D eigenvalue weighted by Gasteiger charge is 2.15. The summed E-state index contributed by atoms with van der Waals surface area (Å²) in [7, 11) is 1.56. The Bertz CT molecular complexity index is 958. The van der Waals surface area contributed by atoms with Gasteiger partial charge in [-0.1, -0.05) is 22.0 Å². The summed E-state index contributed by atoms with van der Waals surface area (Å²) in [4.78, 5) is 24.5. The Morgan fingerprint density at radius 3 is 2.45 bits per heavy atom. The predicted molar refractivity (Wildman–Crippen MR) is 127 cm³/mol. The Labute approximate surface area is 202 Å². The van der Waals surface area contributed by atoms with Crippen molar-refractivity contribution in [1.29, 1.82) is 0 Å². The number of rotatable bonds is 8. The number of halogens is 2. The Hall–Kier alpha value is -2.21. The number of carbonyl (C=O) groups excluding carboxylic acids is 2. The van der Waals surface area contributed by atoms with Gasteiger partial charge >= 0.3 is 0 Å². The molecule has 0 unspecified atom stereocenters. The highest BCUT2D eigenvalue weighted by atomic mass is 79.9. The third-order valence-electron chi connectivity index (χ3n) is 3.72. The fourth-order valence-electron chi connectivity index (χ4n) is 2.27. The van der Waals surface area contributed by atoms with Crippen molar-refractivity contribution in [2.75, 3.05) is 26.9 Å². The molecule has 0 aliphatic rings. The number of amides is 2. The number of aryl methyl sites for hydroxylation is 1. The fraction of sp³-hybridized carbons (Fsp3) is 0.250. The normalized spacial score (nSPS) is 10.2. The average Bonchev–Trinajstić information content (AvgIpc) is 2.72. The summed E-state index contributed by atoms with van der Waals surface area (Å²) in [6.07, 6.45) is 0. The summed E-state index contributed by atoms with van der Waals surface area (Å²) >= 11 is 11.8. The van der Waals surface area contributed by atoms with Crippen molar-refractivity contribution in [3.63, 3.8) is 0 Å². The maximum Gasteiger partial charge on any atom is 0.276 e. The van der Waals surface area contributed by atoms with Crippen LogP contribution in [0.25, 0.3) is 0 Å². The van der Waals surface area contributed by atoms with Crippen LogP contribution < -0.4 is 25.6 Å². The first kappa shape index (κ1) is 25.1. The van der Waals surface area contributed by atoms with E-state index in [0.29, 0.717) is 22.6 Å². The number of thiocarbonyl (C=S) groups is 1. The van der Waals surface area contributed by atoms with E-state index in [-0.39, 0.29) is 23.9 Å². The number of hydrazine groups is 1. The second-order valence-electron chi connectivity index (χ2n) is 6.16. The SMILES string of the molecule is COCCOc1ccc(Br)cc1C(=O)NC(=S)NNC(=O)COc1ccc(C)cc1Br. The molecule has 0 saturated heterocycles. The highest BCUT2D eigenvalue weighted by molar-refractivity contribution is 9.10. The summed E-state index contributed by atoms with van der Waals surface area (Å²) in [6.45, 7) is 2.37. The zero-order valence-electron chi connectivity index (χ0n) is 16.8. The number of carbonyl (C=O) groups is 2. The van der Waals surface area contributed by atoms with Gasteiger partial charge in [0, 0.05) is 11.6 Å². The minimum absolute atomic E-state index is 0.0855. The zero-order chi connectivity index (χ0) is 22.8. The first-order valence-corrected chi connectivity index (χ1v) is 11.0. The standard InChI is InChI=1S/C20H21Br2N3O5S/c1-12-3-5-17(15(22)9-12)30-11-18(26)24-25-20(31)23-19(27)14-10-13(21)4-6-16(14)29-8-7-28-2/h3-6,9-10H,7-8,11H2,1-2H3,(H,24,26)(H2,23,25,27,31). The van der Waals surface area contributed by atoms with Crippen molar-refractivity contribution < 1.29 is 23.8 Å². The molecule has 0 fully saturated rings. The Balaban J connectivity index is 1.84. The van der Waals surface area contributed by atoms with Gasteiger partial charge in [0.1, 0.15) is 18.1 Å². The number of methoxy groups -OCH3 is 1. The molecular weight excluding hydrogens is 554 g/mol. The van der Waals surface area contributed by atoms with Gasteiger partial charge in [0.2, 0.25) is 0 Å². The Kier molecular flexibility index (Phi) is 10.2. The number of nitrogens with one attached hydrogen (secondary N) is 3. The average molecular weight is 575 g/mol. The molecule has 166 valence electrons. The van der Waals surface area contributed by atoms with Gasteiger partial charge < -0.3 is 14.2 Å². The van der Waals surface area contributed by atoms with E-state index in [4.69, 9.17) is 26.4 Å². The molecule has 11 heteroatoms. The zero-order valence-corrected chi connectivity index (χ0v) is 20.8. The lowest BCUT2D eigenvalue weighted by Gasteiger charge is -2.14. The molecule has 0 saturated carbocycles. The highest BCUT2D eigenvalue weighted by Crippen LogP contribution is 2.25. The maximum atomic E-state index is 12.6. The van der Waals surface area contributed by atoms with Gasteiger partial charge in [0.15, 0.2) is 11.7 Å². The van der Waals surface area contributed by atoms with Crippen molar-refractivity contribution >= 4 is 61.0 Å². The minimum atomic E-state index is -0.500. The van der Waals surface area contributed by atoms with Crippen LogP contribution in [0.3, 0.4) is 0 Å². The van der Waals surface area contributed by atoms with E-state index in [1.165, 1.54) is 0 Å². The predicted octanol–water partition coefficient (Wildman–Crippen LogP) is 3.26. The van der Waals surface area contributed by atoms with Gasteiger partial charge in [-0.05, 0) is 71.0 Å². The quantitative estimate of drug-likeness (QED) is 0.253. The summed E-state index contributed by atoms with van der Waals surface area (Å²) in [5, 5.41) is 2.40. The molecule has 2 rings (SSSR count). The van der Waals surface area contributed by atoms with E-state index in [9.17, 15) is 9.59 Å². The molecule has 0 aliphatic carbocycles. The van der Waals surface area contributed by atoms with Gasteiger partial charge in [-0.2, -0.15) is 0 Å². The lowest BCUT2D eigenvalue weighted by Crippen LogP contribution is -2.49. The van der Waals surface area contributed by atoms with Gasteiger partial charge in [-0.25, -0.2) is 0 Å². The molecule has 0 bridgehead atoms. The first-order chi connectivity index (χ1) is 14.8. The van der Waals surface area contributed by atoms with Crippen LogP contribution in [0.1, 0.15) is 15.9 Å². The van der Waals surface area contributed by atoms with Gasteiger partial charge in [0.05, 0.1) is 16.6 Å². The van der Waals surface area contributed by atoms with Crippen LogP contribution in [-0.2, 0) is 9.53 Å². The minimum Gasteiger partial charge on any atom is -0.490 e. The maximum absolute atomic E-state index is 12.6. The molecule has 2 amide bonds. The fourth-order valence-corrected chi connectivity index (χ4v) is 3.38.